The summed E-state index contributed by atoms with van der Waals surface area (Å²) in [7, 11) is 1.63. The Morgan fingerprint density at radius 3 is 2.12 bits per heavy atom. The molecule has 1 aliphatic rings. The van der Waals surface area contributed by atoms with E-state index in [0.717, 1.165) is 25.7 Å². The van der Waals surface area contributed by atoms with Crippen molar-refractivity contribution in [2.45, 2.75) is 52.1 Å². The van der Waals surface area contributed by atoms with E-state index in [4.69, 9.17) is 10.5 Å². The van der Waals surface area contributed by atoms with Crippen LogP contribution in [0.2, 0.25) is 0 Å². The third kappa shape index (κ3) is 2.58. The number of hydrogen-bond acceptors (Lipinski definition) is 3. The van der Waals surface area contributed by atoms with Gasteiger partial charge in [0.2, 0.25) is 0 Å². The van der Waals surface area contributed by atoms with Gasteiger partial charge in [0.15, 0.2) is 0 Å². The Hall–Kier alpha value is -0.120. The van der Waals surface area contributed by atoms with Gasteiger partial charge in [-0.2, -0.15) is 0 Å². The van der Waals surface area contributed by atoms with Crippen LogP contribution in [-0.4, -0.2) is 31.0 Å². The van der Waals surface area contributed by atoms with Crippen molar-refractivity contribution < 1.29 is 9.84 Å². The van der Waals surface area contributed by atoms with Crippen LogP contribution in [-0.2, 0) is 4.74 Å². The summed E-state index contributed by atoms with van der Waals surface area (Å²) in [5.41, 5.74) is 5.34. The molecule has 3 heteroatoms. The zero-order chi connectivity index (χ0) is 12.4. The van der Waals surface area contributed by atoms with Gasteiger partial charge in [0.05, 0.1) is 12.2 Å². The van der Waals surface area contributed by atoms with Gasteiger partial charge in [-0.15, -0.1) is 0 Å². The first-order valence-corrected chi connectivity index (χ1v) is 6.20. The predicted octanol–water partition coefficient (Wildman–Crippen LogP) is 1.93. The third-order valence-electron chi connectivity index (χ3n) is 4.52. The zero-order valence-electron chi connectivity index (χ0n) is 11.2. The van der Waals surface area contributed by atoms with Gasteiger partial charge in [0, 0.05) is 19.1 Å². The highest BCUT2D eigenvalue weighted by Gasteiger charge is 2.49. The summed E-state index contributed by atoms with van der Waals surface area (Å²) in [4.78, 5) is 0. The van der Waals surface area contributed by atoms with Gasteiger partial charge < -0.3 is 15.6 Å². The van der Waals surface area contributed by atoms with E-state index < -0.39 is 5.60 Å². The molecule has 0 aromatic rings. The van der Waals surface area contributed by atoms with Gasteiger partial charge in [-0.25, -0.2) is 0 Å². The largest absolute Gasteiger partial charge is 0.387 e. The molecular formula is C13H27NO2. The van der Waals surface area contributed by atoms with Gasteiger partial charge in [-0.3, -0.25) is 0 Å². The topological polar surface area (TPSA) is 55.5 Å². The van der Waals surface area contributed by atoms with Crippen molar-refractivity contribution in [1.29, 1.82) is 0 Å². The highest BCUT2D eigenvalue weighted by molar-refractivity contribution is 5.01. The third-order valence-corrected chi connectivity index (χ3v) is 4.52. The molecule has 0 heterocycles. The Labute approximate surface area is 99.4 Å². The van der Waals surface area contributed by atoms with E-state index in [1.54, 1.807) is 7.11 Å². The van der Waals surface area contributed by atoms with E-state index in [0.29, 0.717) is 18.6 Å². The molecule has 0 amide bonds. The molecule has 1 rings (SSSR count). The molecule has 0 aromatic heterocycles. The van der Waals surface area contributed by atoms with Crippen molar-refractivity contribution in [3.63, 3.8) is 0 Å². The van der Waals surface area contributed by atoms with E-state index in [1.807, 2.05) is 6.92 Å². The van der Waals surface area contributed by atoms with Crippen molar-refractivity contribution >= 4 is 0 Å². The van der Waals surface area contributed by atoms with E-state index in [1.165, 1.54) is 0 Å². The zero-order valence-corrected chi connectivity index (χ0v) is 11.2. The number of methoxy groups -OCH3 is 1. The molecule has 0 radical (unpaired) electrons. The summed E-state index contributed by atoms with van der Waals surface area (Å²) in [5, 5.41) is 10.6. The molecule has 0 aliphatic heterocycles. The summed E-state index contributed by atoms with van der Waals surface area (Å²) in [6, 6.07) is 0. The second kappa shape index (κ2) is 4.63. The molecule has 0 aromatic carbocycles. The van der Waals surface area contributed by atoms with Crippen LogP contribution in [0.15, 0.2) is 0 Å². The molecule has 0 saturated heterocycles. The highest BCUT2D eigenvalue weighted by Crippen LogP contribution is 2.49. The minimum absolute atomic E-state index is 0.168. The Balaban J connectivity index is 2.80. The van der Waals surface area contributed by atoms with Gasteiger partial charge >= 0.3 is 0 Å². The molecule has 0 spiro atoms. The molecule has 16 heavy (non-hydrogen) atoms. The fourth-order valence-electron chi connectivity index (χ4n) is 2.80. The van der Waals surface area contributed by atoms with Crippen LogP contribution in [0.1, 0.15) is 46.5 Å². The first-order chi connectivity index (χ1) is 7.29. The number of aliphatic hydroxyl groups is 1. The van der Waals surface area contributed by atoms with Gasteiger partial charge in [-0.05, 0) is 38.0 Å². The van der Waals surface area contributed by atoms with Gasteiger partial charge in [0.1, 0.15) is 0 Å². The summed E-state index contributed by atoms with van der Waals surface area (Å²) in [6.45, 7) is 7.35. The maximum absolute atomic E-state index is 10.6. The maximum atomic E-state index is 10.6. The summed E-state index contributed by atoms with van der Waals surface area (Å²) in [5.74, 6) is 0. The Kier molecular flexibility index (Phi) is 4.04. The highest BCUT2D eigenvalue weighted by atomic mass is 16.5. The summed E-state index contributed by atoms with van der Waals surface area (Å²) in [6.07, 6.45) is 4.24. The van der Waals surface area contributed by atoms with Crippen LogP contribution < -0.4 is 5.73 Å². The fourth-order valence-corrected chi connectivity index (χ4v) is 2.80. The standard InChI is InChI=1S/C13H27NO2/c1-11(2)5-7-13(9-14,8-6-11)12(3,15)10-16-4/h15H,5-10,14H2,1-4H3. The van der Waals surface area contributed by atoms with Crippen LogP contribution >= 0.6 is 0 Å². The van der Waals surface area contributed by atoms with Crippen molar-refractivity contribution in [3.05, 3.63) is 0 Å². The van der Waals surface area contributed by atoms with Gasteiger partial charge in [0.25, 0.3) is 0 Å². The summed E-state index contributed by atoms with van der Waals surface area (Å²) < 4.78 is 5.13. The molecule has 96 valence electrons. The minimum Gasteiger partial charge on any atom is -0.387 e. The SMILES string of the molecule is COCC(C)(O)C1(CN)CCC(C)(C)CC1. The lowest BCUT2D eigenvalue weighted by Crippen LogP contribution is -2.55. The molecular weight excluding hydrogens is 202 g/mol. The van der Waals surface area contributed by atoms with E-state index >= 15 is 0 Å². The summed E-state index contributed by atoms with van der Waals surface area (Å²) >= 11 is 0. The Morgan fingerprint density at radius 1 is 1.25 bits per heavy atom. The predicted molar refractivity (Wildman–Crippen MR) is 66.2 cm³/mol. The maximum Gasteiger partial charge on any atom is 0.0919 e. The first kappa shape index (κ1) is 13.9. The van der Waals surface area contributed by atoms with Crippen LogP contribution in [0.4, 0.5) is 0 Å². The second-order valence-corrected chi connectivity index (χ2v) is 6.36. The molecule has 1 atom stereocenters. The first-order valence-electron chi connectivity index (χ1n) is 6.20. The van der Waals surface area contributed by atoms with Crippen LogP contribution in [0.5, 0.6) is 0 Å². The van der Waals surface area contributed by atoms with Crippen molar-refractivity contribution in [1.82, 2.24) is 0 Å². The van der Waals surface area contributed by atoms with E-state index in [2.05, 4.69) is 13.8 Å². The molecule has 1 saturated carbocycles. The molecule has 1 fully saturated rings. The quantitative estimate of drug-likeness (QED) is 0.774. The molecule has 0 bridgehead atoms. The van der Waals surface area contributed by atoms with E-state index in [9.17, 15) is 5.11 Å². The molecule has 3 N–H and O–H groups in total. The monoisotopic (exact) mass is 229 g/mol. The second-order valence-electron chi connectivity index (χ2n) is 6.36. The van der Waals surface area contributed by atoms with Crippen LogP contribution in [0.25, 0.3) is 0 Å². The van der Waals surface area contributed by atoms with Crippen molar-refractivity contribution in [2.75, 3.05) is 20.3 Å². The number of ether oxygens (including phenoxy) is 1. The molecule has 1 unspecified atom stereocenters. The van der Waals surface area contributed by atoms with Crippen LogP contribution in [0.3, 0.4) is 0 Å². The average molecular weight is 229 g/mol. The van der Waals surface area contributed by atoms with E-state index in [-0.39, 0.29) is 5.41 Å². The van der Waals surface area contributed by atoms with Crippen LogP contribution in [0, 0.1) is 10.8 Å². The smallest absolute Gasteiger partial charge is 0.0919 e. The lowest BCUT2D eigenvalue weighted by molar-refractivity contribution is -0.133. The Morgan fingerprint density at radius 2 is 1.75 bits per heavy atom. The number of nitrogens with two attached hydrogens (primary N) is 1. The lowest BCUT2D eigenvalue weighted by Gasteiger charge is -2.50. The molecule has 3 nitrogen and oxygen atoms in total. The van der Waals surface area contributed by atoms with Crippen molar-refractivity contribution in [2.24, 2.45) is 16.6 Å². The fraction of sp³-hybridized carbons (Fsp3) is 1.00. The minimum atomic E-state index is -0.812. The van der Waals surface area contributed by atoms with Gasteiger partial charge in [-0.1, -0.05) is 13.8 Å². The number of hydrogen-bond donors (Lipinski definition) is 2. The molecule has 1 aliphatic carbocycles. The number of rotatable bonds is 4. The lowest BCUT2D eigenvalue weighted by atomic mass is 9.59. The Bertz CT molecular complexity index is 226. The van der Waals surface area contributed by atoms with Crippen molar-refractivity contribution in [3.8, 4) is 0 Å². The average Bonchev–Trinajstić information content (AvgIpc) is 2.18. The normalized spacial score (nSPS) is 27.4.